The average molecular weight is 289 g/mol. The van der Waals surface area contributed by atoms with Gasteiger partial charge in [0.25, 0.3) is 0 Å². The molecular formula is C17H24FN3. The Hall–Kier alpha value is -1.58. The van der Waals surface area contributed by atoms with Crippen LogP contribution in [0.1, 0.15) is 37.7 Å². The first-order valence-corrected chi connectivity index (χ1v) is 7.92. The van der Waals surface area contributed by atoms with E-state index >= 15 is 0 Å². The molecule has 3 nitrogen and oxygen atoms in total. The molecule has 0 aliphatic heterocycles. The van der Waals surface area contributed by atoms with Crippen molar-refractivity contribution in [3.63, 3.8) is 0 Å². The number of guanidine groups is 1. The molecule has 21 heavy (non-hydrogen) atoms. The molecule has 0 amide bonds. The second-order valence-corrected chi connectivity index (χ2v) is 6.39. The zero-order valence-electron chi connectivity index (χ0n) is 12.7. The Morgan fingerprint density at radius 1 is 1.24 bits per heavy atom. The van der Waals surface area contributed by atoms with Crippen LogP contribution in [-0.4, -0.2) is 26.1 Å². The van der Waals surface area contributed by atoms with Gasteiger partial charge in [-0.15, -0.1) is 0 Å². The molecule has 0 spiro atoms. The van der Waals surface area contributed by atoms with Gasteiger partial charge in [-0.2, -0.15) is 0 Å². The van der Waals surface area contributed by atoms with Gasteiger partial charge in [0.15, 0.2) is 5.96 Å². The SMILES string of the molecule is CN=C(NCC1CC1)NCC1(c2ccc(F)cc2)CCC1. The molecule has 0 aromatic heterocycles. The maximum Gasteiger partial charge on any atom is 0.191 e. The molecule has 2 aliphatic carbocycles. The van der Waals surface area contributed by atoms with E-state index in [2.05, 4.69) is 15.6 Å². The molecular weight excluding hydrogens is 265 g/mol. The molecule has 1 aromatic rings. The summed E-state index contributed by atoms with van der Waals surface area (Å²) in [5, 5.41) is 6.85. The fourth-order valence-corrected chi connectivity index (χ4v) is 3.01. The topological polar surface area (TPSA) is 36.4 Å². The molecule has 2 N–H and O–H groups in total. The molecule has 2 fully saturated rings. The number of nitrogens with one attached hydrogen (secondary N) is 2. The van der Waals surface area contributed by atoms with Crippen LogP contribution in [0.4, 0.5) is 4.39 Å². The van der Waals surface area contributed by atoms with Crippen molar-refractivity contribution in [3.8, 4) is 0 Å². The zero-order valence-corrected chi connectivity index (χ0v) is 12.7. The number of benzene rings is 1. The van der Waals surface area contributed by atoms with Crippen LogP contribution < -0.4 is 10.6 Å². The Kier molecular flexibility index (Phi) is 4.13. The van der Waals surface area contributed by atoms with Crippen molar-refractivity contribution in [2.45, 2.75) is 37.5 Å². The molecule has 0 radical (unpaired) electrons. The van der Waals surface area contributed by atoms with E-state index in [-0.39, 0.29) is 11.2 Å². The number of rotatable bonds is 5. The molecule has 0 heterocycles. The number of hydrogen-bond acceptors (Lipinski definition) is 1. The third kappa shape index (κ3) is 3.36. The predicted octanol–water partition coefficient (Wildman–Crippen LogP) is 2.82. The molecule has 2 saturated carbocycles. The van der Waals surface area contributed by atoms with Gasteiger partial charge in [-0.3, -0.25) is 4.99 Å². The molecule has 0 saturated heterocycles. The van der Waals surface area contributed by atoms with Crippen molar-refractivity contribution in [2.75, 3.05) is 20.1 Å². The lowest BCUT2D eigenvalue weighted by Gasteiger charge is -2.43. The van der Waals surface area contributed by atoms with Gasteiger partial charge in [0.05, 0.1) is 0 Å². The minimum absolute atomic E-state index is 0.144. The van der Waals surface area contributed by atoms with Crippen LogP contribution in [0, 0.1) is 11.7 Å². The van der Waals surface area contributed by atoms with Gasteiger partial charge in [-0.25, -0.2) is 4.39 Å². The number of hydrogen-bond donors (Lipinski definition) is 2. The smallest absolute Gasteiger partial charge is 0.191 e. The van der Waals surface area contributed by atoms with E-state index in [9.17, 15) is 4.39 Å². The normalized spacial score (nSPS) is 20.8. The highest BCUT2D eigenvalue weighted by atomic mass is 19.1. The minimum Gasteiger partial charge on any atom is -0.356 e. The van der Waals surface area contributed by atoms with Crippen LogP contribution in [0.2, 0.25) is 0 Å². The highest BCUT2D eigenvalue weighted by Gasteiger charge is 2.38. The van der Waals surface area contributed by atoms with Crippen molar-refractivity contribution >= 4 is 5.96 Å². The van der Waals surface area contributed by atoms with E-state index < -0.39 is 0 Å². The van der Waals surface area contributed by atoms with E-state index in [1.165, 1.54) is 24.8 Å². The van der Waals surface area contributed by atoms with Crippen LogP contribution in [-0.2, 0) is 5.41 Å². The fraction of sp³-hybridized carbons (Fsp3) is 0.588. The monoisotopic (exact) mass is 289 g/mol. The van der Waals surface area contributed by atoms with Crippen LogP contribution in [0.25, 0.3) is 0 Å². The first-order valence-electron chi connectivity index (χ1n) is 7.92. The summed E-state index contributed by atoms with van der Waals surface area (Å²) in [6.45, 7) is 1.88. The molecule has 3 rings (SSSR count). The fourth-order valence-electron chi connectivity index (χ4n) is 3.01. The lowest BCUT2D eigenvalue weighted by Crippen LogP contribution is -2.49. The van der Waals surface area contributed by atoms with Crippen LogP contribution in [0.15, 0.2) is 29.3 Å². The van der Waals surface area contributed by atoms with E-state index in [1.54, 1.807) is 12.1 Å². The van der Waals surface area contributed by atoms with Gasteiger partial charge >= 0.3 is 0 Å². The second-order valence-electron chi connectivity index (χ2n) is 6.39. The Labute approximate surface area is 126 Å². The Morgan fingerprint density at radius 2 is 1.95 bits per heavy atom. The number of nitrogens with zero attached hydrogens (tertiary/aromatic N) is 1. The maximum atomic E-state index is 13.1. The van der Waals surface area contributed by atoms with Crippen molar-refractivity contribution in [3.05, 3.63) is 35.6 Å². The lowest BCUT2D eigenvalue weighted by molar-refractivity contribution is 0.243. The van der Waals surface area contributed by atoms with Gasteiger partial charge < -0.3 is 10.6 Å². The van der Waals surface area contributed by atoms with E-state index in [0.29, 0.717) is 0 Å². The Bertz CT molecular complexity index is 501. The third-order valence-corrected chi connectivity index (χ3v) is 4.84. The predicted molar refractivity (Wildman–Crippen MR) is 84.0 cm³/mol. The third-order valence-electron chi connectivity index (χ3n) is 4.84. The van der Waals surface area contributed by atoms with Gasteiger partial charge in [0, 0.05) is 25.6 Å². The summed E-state index contributed by atoms with van der Waals surface area (Å²) in [5.41, 5.74) is 1.38. The molecule has 0 unspecified atom stereocenters. The van der Waals surface area contributed by atoms with Crippen molar-refractivity contribution < 1.29 is 4.39 Å². The largest absolute Gasteiger partial charge is 0.356 e. The maximum absolute atomic E-state index is 13.1. The summed E-state index contributed by atoms with van der Waals surface area (Å²) in [5.74, 6) is 1.55. The summed E-state index contributed by atoms with van der Waals surface area (Å²) in [6.07, 6.45) is 6.23. The number of aliphatic imine (C=N–C) groups is 1. The molecule has 4 heteroatoms. The van der Waals surface area contributed by atoms with E-state index in [1.807, 2.05) is 19.2 Å². The first-order chi connectivity index (χ1) is 10.2. The molecule has 0 atom stereocenters. The van der Waals surface area contributed by atoms with Crippen molar-refractivity contribution in [1.29, 1.82) is 0 Å². The summed E-state index contributed by atoms with van der Waals surface area (Å²) < 4.78 is 13.1. The quantitative estimate of drug-likeness (QED) is 0.646. The van der Waals surface area contributed by atoms with Crippen molar-refractivity contribution in [1.82, 2.24) is 10.6 Å². The lowest BCUT2D eigenvalue weighted by atomic mass is 9.64. The summed E-state index contributed by atoms with van der Waals surface area (Å²) in [6, 6.07) is 6.98. The summed E-state index contributed by atoms with van der Waals surface area (Å²) in [4.78, 5) is 4.29. The Morgan fingerprint density at radius 3 is 2.48 bits per heavy atom. The van der Waals surface area contributed by atoms with Gasteiger partial charge in [-0.1, -0.05) is 18.6 Å². The zero-order chi connectivity index (χ0) is 14.7. The molecule has 114 valence electrons. The molecule has 0 bridgehead atoms. The second kappa shape index (κ2) is 6.04. The molecule has 2 aliphatic rings. The first kappa shape index (κ1) is 14.4. The summed E-state index contributed by atoms with van der Waals surface area (Å²) >= 11 is 0. The van der Waals surface area contributed by atoms with Crippen molar-refractivity contribution in [2.24, 2.45) is 10.9 Å². The van der Waals surface area contributed by atoms with Crippen LogP contribution in [0.5, 0.6) is 0 Å². The number of halogens is 1. The van der Waals surface area contributed by atoms with Gasteiger partial charge in [0.2, 0.25) is 0 Å². The Balaban J connectivity index is 1.59. The highest BCUT2D eigenvalue weighted by Crippen LogP contribution is 2.43. The average Bonchev–Trinajstić information content (AvgIpc) is 3.26. The standard InChI is InChI=1S/C17H24FN3/c1-19-16(20-11-13-3-4-13)21-12-17(9-2-10-17)14-5-7-15(18)8-6-14/h5-8,13H,2-4,9-12H2,1H3,(H2,19,20,21). The van der Waals surface area contributed by atoms with Gasteiger partial charge in [-0.05, 0) is 49.3 Å². The summed E-state index contributed by atoms with van der Waals surface area (Å²) in [7, 11) is 1.81. The van der Waals surface area contributed by atoms with Gasteiger partial charge in [0.1, 0.15) is 5.82 Å². The van der Waals surface area contributed by atoms with Crippen LogP contribution in [0.3, 0.4) is 0 Å². The molecule has 1 aromatic carbocycles. The minimum atomic E-state index is -0.164. The van der Waals surface area contributed by atoms with E-state index in [0.717, 1.165) is 37.8 Å². The van der Waals surface area contributed by atoms with E-state index in [4.69, 9.17) is 0 Å². The highest BCUT2D eigenvalue weighted by molar-refractivity contribution is 5.79. The van der Waals surface area contributed by atoms with Crippen LogP contribution >= 0.6 is 0 Å².